The predicted molar refractivity (Wildman–Crippen MR) is 67.9 cm³/mol. The fourth-order valence-corrected chi connectivity index (χ4v) is 3.03. The number of hydrogen-bond donors (Lipinski definition) is 1. The molecule has 96 valence electrons. The Labute approximate surface area is 106 Å². The lowest BCUT2D eigenvalue weighted by Crippen LogP contribution is -2.19. The summed E-state index contributed by atoms with van der Waals surface area (Å²) in [4.78, 5) is 12.1. The topological polar surface area (TPSA) is 55.1 Å². The van der Waals surface area contributed by atoms with Gasteiger partial charge in [0.25, 0.3) is 0 Å². The lowest BCUT2D eigenvalue weighted by Gasteiger charge is -2.26. The van der Waals surface area contributed by atoms with E-state index in [-0.39, 0.29) is 12.4 Å². The molecule has 1 aromatic rings. The zero-order chi connectivity index (χ0) is 12.5. The molecule has 2 heterocycles. The minimum Gasteiger partial charge on any atom is -0.390 e. The van der Waals surface area contributed by atoms with Crippen LogP contribution < -0.4 is 0 Å². The third kappa shape index (κ3) is 2.01. The van der Waals surface area contributed by atoms with Gasteiger partial charge in [0, 0.05) is 12.6 Å². The average molecular weight is 246 g/mol. The van der Waals surface area contributed by atoms with E-state index in [1.807, 2.05) is 6.20 Å². The van der Waals surface area contributed by atoms with E-state index in [1.165, 1.54) is 37.7 Å². The van der Waals surface area contributed by atoms with Crippen molar-refractivity contribution in [3.05, 3.63) is 23.0 Å². The quantitative estimate of drug-likeness (QED) is 0.871. The van der Waals surface area contributed by atoms with Gasteiger partial charge in [-0.2, -0.15) is 5.10 Å². The van der Waals surface area contributed by atoms with Gasteiger partial charge in [0.05, 0.1) is 12.3 Å². The van der Waals surface area contributed by atoms with Crippen molar-refractivity contribution >= 4 is 12.0 Å². The average Bonchev–Trinajstić information content (AvgIpc) is 2.83. The molecule has 0 saturated heterocycles. The molecule has 0 aromatic carbocycles. The van der Waals surface area contributed by atoms with Crippen LogP contribution >= 0.6 is 0 Å². The van der Waals surface area contributed by atoms with Crippen LogP contribution in [0.4, 0.5) is 0 Å². The van der Waals surface area contributed by atoms with Crippen molar-refractivity contribution in [3.8, 4) is 0 Å². The van der Waals surface area contributed by atoms with E-state index >= 15 is 0 Å². The minimum absolute atomic E-state index is 0.111. The van der Waals surface area contributed by atoms with E-state index in [0.29, 0.717) is 23.7 Å². The Morgan fingerprint density at radius 2 is 2.11 bits per heavy atom. The minimum atomic E-state index is -0.111. The Balaban J connectivity index is 1.91. The first-order valence-corrected chi connectivity index (χ1v) is 6.71. The number of Topliss-reactive ketones (excluding diaryl/α,β-unsaturated/α-hetero) is 1. The first-order chi connectivity index (χ1) is 8.78. The van der Waals surface area contributed by atoms with Crippen LogP contribution in [0.25, 0.3) is 6.20 Å². The third-order valence-corrected chi connectivity index (χ3v) is 4.02. The summed E-state index contributed by atoms with van der Waals surface area (Å²) in [5.41, 5.74) is 2.40. The standard InChI is InChI=1S/C14H18N2O2/c17-9-12-7-13-14(18)6-11(8-16(13)15-12)10-4-2-1-3-5-10/h7-8,10,17H,1-6,9H2. The van der Waals surface area contributed by atoms with Gasteiger partial charge in [-0.15, -0.1) is 0 Å². The number of fused-ring (bicyclic) bond motifs is 1. The number of hydrogen-bond acceptors (Lipinski definition) is 3. The second-order valence-electron chi connectivity index (χ2n) is 5.26. The zero-order valence-electron chi connectivity index (χ0n) is 10.4. The van der Waals surface area contributed by atoms with Crippen LogP contribution in [0, 0.1) is 5.92 Å². The molecule has 4 nitrogen and oxygen atoms in total. The molecule has 1 aliphatic carbocycles. The van der Waals surface area contributed by atoms with Crippen LogP contribution in [-0.4, -0.2) is 20.7 Å². The Morgan fingerprint density at radius 3 is 2.83 bits per heavy atom. The zero-order valence-corrected chi connectivity index (χ0v) is 10.4. The molecule has 1 aliphatic heterocycles. The molecule has 0 radical (unpaired) electrons. The largest absolute Gasteiger partial charge is 0.390 e. The fourth-order valence-electron chi connectivity index (χ4n) is 3.03. The van der Waals surface area contributed by atoms with Crippen LogP contribution in [0.1, 0.15) is 54.7 Å². The SMILES string of the molecule is O=C1CC(C2CCCCC2)=Cn2nc(CO)cc21. The van der Waals surface area contributed by atoms with E-state index in [4.69, 9.17) is 5.11 Å². The number of rotatable bonds is 2. The van der Waals surface area contributed by atoms with Gasteiger partial charge in [-0.1, -0.05) is 19.3 Å². The van der Waals surface area contributed by atoms with Crippen LogP contribution in [-0.2, 0) is 6.61 Å². The molecule has 0 amide bonds. The molecule has 1 aromatic heterocycles. The van der Waals surface area contributed by atoms with E-state index < -0.39 is 0 Å². The van der Waals surface area contributed by atoms with Gasteiger partial charge in [0.15, 0.2) is 5.78 Å². The Kier molecular flexibility index (Phi) is 3.04. The maximum absolute atomic E-state index is 12.1. The number of ketones is 1. The summed E-state index contributed by atoms with van der Waals surface area (Å²) >= 11 is 0. The van der Waals surface area contributed by atoms with Crippen molar-refractivity contribution in [2.24, 2.45) is 5.92 Å². The Bertz CT molecular complexity index is 496. The van der Waals surface area contributed by atoms with Gasteiger partial charge < -0.3 is 5.11 Å². The van der Waals surface area contributed by atoms with Gasteiger partial charge in [0.2, 0.25) is 0 Å². The Hall–Kier alpha value is -1.42. The molecular weight excluding hydrogens is 228 g/mol. The van der Waals surface area contributed by atoms with Gasteiger partial charge in [-0.25, -0.2) is 4.68 Å². The van der Waals surface area contributed by atoms with Crippen molar-refractivity contribution in [1.82, 2.24) is 9.78 Å². The third-order valence-electron chi connectivity index (χ3n) is 4.02. The molecule has 0 atom stereocenters. The second kappa shape index (κ2) is 4.69. The molecule has 0 bridgehead atoms. The van der Waals surface area contributed by atoms with Gasteiger partial charge >= 0.3 is 0 Å². The summed E-state index contributed by atoms with van der Waals surface area (Å²) < 4.78 is 1.65. The molecule has 4 heteroatoms. The van der Waals surface area contributed by atoms with Gasteiger partial charge in [0.1, 0.15) is 5.69 Å². The first kappa shape index (κ1) is 11.7. The highest BCUT2D eigenvalue weighted by Gasteiger charge is 2.26. The number of carbonyl (C=O) groups excluding carboxylic acids is 1. The predicted octanol–water partition coefficient (Wildman–Crippen LogP) is 2.38. The number of aliphatic hydroxyl groups is 1. The van der Waals surface area contributed by atoms with Crippen LogP contribution in [0.15, 0.2) is 11.6 Å². The molecule has 2 aliphatic rings. The second-order valence-corrected chi connectivity index (χ2v) is 5.26. The van der Waals surface area contributed by atoms with E-state index in [1.54, 1.807) is 10.7 Å². The normalized spacial score (nSPS) is 20.7. The highest BCUT2D eigenvalue weighted by Crippen LogP contribution is 2.34. The number of allylic oxidation sites excluding steroid dienone is 1. The number of aliphatic hydroxyl groups excluding tert-OH is 1. The van der Waals surface area contributed by atoms with Gasteiger partial charge in [-0.05, 0) is 30.4 Å². The number of carbonyl (C=O) groups is 1. The van der Waals surface area contributed by atoms with Crippen molar-refractivity contribution in [1.29, 1.82) is 0 Å². The monoisotopic (exact) mass is 246 g/mol. The van der Waals surface area contributed by atoms with Crippen LogP contribution in [0.3, 0.4) is 0 Å². The number of nitrogens with zero attached hydrogens (tertiary/aromatic N) is 2. The lowest BCUT2D eigenvalue weighted by molar-refractivity contribution is 0.0978. The molecular formula is C14H18N2O2. The van der Waals surface area contributed by atoms with Crippen molar-refractivity contribution in [2.45, 2.75) is 45.1 Å². The molecule has 1 N–H and O–H groups in total. The van der Waals surface area contributed by atoms with E-state index in [2.05, 4.69) is 5.10 Å². The van der Waals surface area contributed by atoms with Crippen molar-refractivity contribution in [2.75, 3.05) is 0 Å². The summed E-state index contributed by atoms with van der Waals surface area (Å²) in [6.45, 7) is -0.111. The molecule has 18 heavy (non-hydrogen) atoms. The van der Waals surface area contributed by atoms with Crippen molar-refractivity contribution in [3.63, 3.8) is 0 Å². The first-order valence-electron chi connectivity index (χ1n) is 6.71. The smallest absolute Gasteiger partial charge is 0.185 e. The Morgan fingerprint density at radius 1 is 1.33 bits per heavy atom. The number of aromatic nitrogens is 2. The highest BCUT2D eigenvalue weighted by molar-refractivity contribution is 5.98. The lowest BCUT2D eigenvalue weighted by atomic mass is 9.81. The summed E-state index contributed by atoms with van der Waals surface area (Å²) in [5.74, 6) is 0.683. The highest BCUT2D eigenvalue weighted by atomic mass is 16.3. The summed E-state index contributed by atoms with van der Waals surface area (Å²) in [6.07, 6.45) is 8.78. The van der Waals surface area contributed by atoms with E-state index in [9.17, 15) is 4.79 Å². The molecule has 3 rings (SSSR count). The summed E-state index contributed by atoms with van der Waals surface area (Å²) in [5, 5.41) is 13.3. The van der Waals surface area contributed by atoms with E-state index in [0.717, 1.165) is 0 Å². The van der Waals surface area contributed by atoms with Crippen molar-refractivity contribution < 1.29 is 9.90 Å². The molecule has 1 fully saturated rings. The molecule has 0 unspecified atom stereocenters. The van der Waals surface area contributed by atoms with Crippen LogP contribution in [0.2, 0.25) is 0 Å². The molecule has 1 saturated carbocycles. The maximum atomic E-state index is 12.1. The van der Waals surface area contributed by atoms with Gasteiger partial charge in [-0.3, -0.25) is 4.79 Å². The fraction of sp³-hybridized carbons (Fsp3) is 0.571. The molecule has 0 spiro atoms. The summed E-state index contributed by atoms with van der Waals surface area (Å²) in [6, 6.07) is 1.69. The van der Waals surface area contributed by atoms with Crippen LogP contribution in [0.5, 0.6) is 0 Å². The summed E-state index contributed by atoms with van der Waals surface area (Å²) in [7, 11) is 0. The maximum Gasteiger partial charge on any atom is 0.185 e.